The zero-order valence-electron chi connectivity index (χ0n) is 14.3. The average molecular weight is 385 g/mol. The predicted octanol–water partition coefficient (Wildman–Crippen LogP) is 5.10. The number of hydrogen-bond donors (Lipinski definition) is 1. The fourth-order valence-corrected chi connectivity index (χ4v) is 3.50. The van der Waals surface area contributed by atoms with Gasteiger partial charge in [-0.25, -0.2) is 8.78 Å². The molecule has 136 valence electrons. The highest BCUT2D eigenvalue weighted by molar-refractivity contribution is 7.18. The van der Waals surface area contributed by atoms with Crippen LogP contribution in [0.5, 0.6) is 0 Å². The van der Waals surface area contributed by atoms with Crippen LogP contribution in [0, 0.1) is 25.5 Å². The van der Waals surface area contributed by atoms with E-state index in [1.165, 1.54) is 0 Å². The highest BCUT2D eigenvalue weighted by Gasteiger charge is 2.20. The molecular formula is C19H13F2N3O2S. The number of aromatic nitrogens is 2. The largest absolute Gasteiger partial charge is 0.451 e. The summed E-state index contributed by atoms with van der Waals surface area (Å²) in [5.41, 5.74) is 2.35. The van der Waals surface area contributed by atoms with Crippen molar-refractivity contribution in [2.45, 2.75) is 13.8 Å². The van der Waals surface area contributed by atoms with Crippen LogP contribution < -0.4 is 5.32 Å². The van der Waals surface area contributed by atoms with Crippen LogP contribution in [0.1, 0.15) is 21.7 Å². The van der Waals surface area contributed by atoms with Crippen LogP contribution in [-0.4, -0.2) is 16.1 Å². The number of amides is 1. The lowest BCUT2D eigenvalue weighted by Crippen LogP contribution is -2.11. The second kappa shape index (κ2) is 6.55. The maximum atomic E-state index is 13.9. The van der Waals surface area contributed by atoms with E-state index in [0.29, 0.717) is 11.1 Å². The molecule has 0 aliphatic carbocycles. The van der Waals surface area contributed by atoms with Crippen molar-refractivity contribution < 1.29 is 18.0 Å². The van der Waals surface area contributed by atoms with Crippen LogP contribution in [0.15, 0.2) is 40.8 Å². The van der Waals surface area contributed by atoms with Crippen molar-refractivity contribution in [2.24, 2.45) is 0 Å². The first-order chi connectivity index (χ1) is 12.9. The van der Waals surface area contributed by atoms with Crippen LogP contribution in [0.2, 0.25) is 0 Å². The molecule has 0 aliphatic rings. The fourth-order valence-electron chi connectivity index (χ4n) is 2.75. The quantitative estimate of drug-likeness (QED) is 0.533. The molecule has 27 heavy (non-hydrogen) atoms. The van der Waals surface area contributed by atoms with Crippen molar-refractivity contribution in [1.29, 1.82) is 0 Å². The maximum absolute atomic E-state index is 13.9. The molecule has 0 radical (unpaired) electrons. The van der Waals surface area contributed by atoms with Crippen LogP contribution in [-0.2, 0) is 0 Å². The summed E-state index contributed by atoms with van der Waals surface area (Å²) in [6, 6.07) is 8.77. The van der Waals surface area contributed by atoms with Gasteiger partial charge in [0.2, 0.25) is 5.13 Å². The average Bonchev–Trinajstić information content (AvgIpc) is 3.21. The smallest absolute Gasteiger partial charge is 0.293 e. The van der Waals surface area contributed by atoms with Gasteiger partial charge in [0.15, 0.2) is 10.8 Å². The first-order valence-corrected chi connectivity index (χ1v) is 8.84. The van der Waals surface area contributed by atoms with E-state index in [1.54, 1.807) is 6.92 Å². The summed E-state index contributed by atoms with van der Waals surface area (Å²) in [5, 5.41) is 11.4. The van der Waals surface area contributed by atoms with Crippen LogP contribution in [0.25, 0.3) is 21.5 Å². The number of hydrogen-bond acceptors (Lipinski definition) is 5. The summed E-state index contributed by atoms with van der Waals surface area (Å²) in [6.07, 6.45) is 0. The highest BCUT2D eigenvalue weighted by Crippen LogP contribution is 2.30. The molecule has 0 fully saturated rings. The number of carbonyl (C=O) groups is 1. The summed E-state index contributed by atoms with van der Waals surface area (Å²) in [6.45, 7) is 3.73. The summed E-state index contributed by atoms with van der Waals surface area (Å²) < 4.78 is 32.9. The zero-order chi connectivity index (χ0) is 19.1. The van der Waals surface area contributed by atoms with Crippen molar-refractivity contribution in [3.05, 3.63) is 64.9 Å². The lowest BCUT2D eigenvalue weighted by Gasteiger charge is -1.99. The molecule has 8 heteroatoms. The number of benzene rings is 2. The first kappa shape index (κ1) is 17.3. The van der Waals surface area contributed by atoms with Gasteiger partial charge >= 0.3 is 0 Å². The Morgan fingerprint density at radius 3 is 2.74 bits per heavy atom. The van der Waals surface area contributed by atoms with Crippen molar-refractivity contribution in [3.8, 4) is 10.6 Å². The van der Waals surface area contributed by atoms with Crippen LogP contribution >= 0.6 is 11.3 Å². The Balaban J connectivity index is 1.62. The van der Waals surface area contributed by atoms with Gasteiger partial charge in [-0.3, -0.25) is 10.1 Å². The van der Waals surface area contributed by atoms with Gasteiger partial charge in [0, 0.05) is 10.9 Å². The fraction of sp³-hybridized carbons (Fsp3) is 0.105. The summed E-state index contributed by atoms with van der Waals surface area (Å²) in [5.74, 6) is -1.51. The zero-order valence-corrected chi connectivity index (χ0v) is 15.2. The molecule has 4 aromatic rings. The molecule has 4 rings (SSSR count). The summed E-state index contributed by atoms with van der Waals surface area (Å²) in [7, 11) is 0. The molecule has 1 N–H and O–H groups in total. The van der Waals surface area contributed by atoms with Crippen molar-refractivity contribution in [3.63, 3.8) is 0 Å². The molecule has 0 saturated carbocycles. The minimum absolute atomic E-state index is 0.0107. The number of halogens is 2. The highest BCUT2D eigenvalue weighted by atomic mass is 32.1. The molecule has 0 saturated heterocycles. The summed E-state index contributed by atoms with van der Waals surface area (Å²) >= 11 is 0.945. The van der Waals surface area contributed by atoms with Gasteiger partial charge in [-0.1, -0.05) is 23.5 Å². The number of aryl methyl sites for hydroxylation is 2. The van der Waals surface area contributed by atoms with Crippen LogP contribution in [0.3, 0.4) is 0 Å². The number of rotatable bonds is 3. The topological polar surface area (TPSA) is 68.0 Å². The Labute approximate surface area is 156 Å². The number of nitrogens with one attached hydrogen (secondary N) is 1. The van der Waals surface area contributed by atoms with Gasteiger partial charge in [0.05, 0.1) is 5.56 Å². The monoisotopic (exact) mass is 385 g/mol. The van der Waals surface area contributed by atoms with Gasteiger partial charge in [0.1, 0.15) is 17.2 Å². The van der Waals surface area contributed by atoms with E-state index in [9.17, 15) is 13.6 Å². The lowest BCUT2D eigenvalue weighted by molar-refractivity contribution is 0.0998. The van der Waals surface area contributed by atoms with E-state index >= 15 is 0 Å². The normalized spacial score (nSPS) is 11.1. The molecule has 0 aliphatic heterocycles. The van der Waals surface area contributed by atoms with Gasteiger partial charge < -0.3 is 4.42 Å². The van der Waals surface area contributed by atoms with E-state index in [4.69, 9.17) is 4.42 Å². The molecular weight excluding hydrogens is 372 g/mol. The summed E-state index contributed by atoms with van der Waals surface area (Å²) in [4.78, 5) is 12.6. The third kappa shape index (κ3) is 3.19. The Bertz CT molecular complexity index is 1180. The SMILES string of the molecule is Cc1ccc2c(C)c(C(=O)Nc3nnc(-c4cc(F)ccc4F)s3)oc2c1. The molecule has 2 heterocycles. The van der Waals surface area contributed by atoms with Crippen molar-refractivity contribution >= 4 is 33.3 Å². The first-order valence-electron chi connectivity index (χ1n) is 8.02. The predicted molar refractivity (Wildman–Crippen MR) is 98.9 cm³/mol. The second-order valence-electron chi connectivity index (χ2n) is 6.05. The van der Waals surface area contributed by atoms with Gasteiger partial charge in [-0.05, 0) is 43.7 Å². The second-order valence-corrected chi connectivity index (χ2v) is 7.02. The molecule has 5 nitrogen and oxygen atoms in total. The number of anilines is 1. The third-order valence-corrected chi connectivity index (χ3v) is 4.98. The minimum atomic E-state index is -0.617. The Kier molecular flexibility index (Phi) is 4.19. The molecule has 0 atom stereocenters. The third-order valence-electron chi connectivity index (χ3n) is 4.10. The van der Waals surface area contributed by atoms with Gasteiger partial charge in [0.25, 0.3) is 5.91 Å². The molecule has 1 amide bonds. The van der Waals surface area contributed by atoms with E-state index in [-0.39, 0.29) is 21.5 Å². The Morgan fingerprint density at radius 2 is 1.93 bits per heavy atom. The molecule has 0 unspecified atom stereocenters. The van der Waals surface area contributed by atoms with Crippen LogP contribution in [0.4, 0.5) is 13.9 Å². The Morgan fingerprint density at radius 1 is 1.11 bits per heavy atom. The van der Waals surface area contributed by atoms with E-state index in [1.807, 2.05) is 25.1 Å². The number of carbonyl (C=O) groups excluding carboxylic acids is 1. The van der Waals surface area contributed by atoms with E-state index in [0.717, 1.165) is 40.5 Å². The number of furan rings is 1. The number of nitrogens with zero attached hydrogens (tertiary/aromatic N) is 2. The van der Waals surface area contributed by atoms with E-state index < -0.39 is 17.5 Å². The van der Waals surface area contributed by atoms with E-state index in [2.05, 4.69) is 15.5 Å². The Hall–Kier alpha value is -3.13. The molecule has 0 bridgehead atoms. The maximum Gasteiger partial charge on any atom is 0.293 e. The van der Waals surface area contributed by atoms with Crippen molar-refractivity contribution in [2.75, 3.05) is 5.32 Å². The molecule has 0 spiro atoms. The van der Waals surface area contributed by atoms with Crippen molar-refractivity contribution in [1.82, 2.24) is 10.2 Å². The number of fused-ring (bicyclic) bond motifs is 1. The lowest BCUT2D eigenvalue weighted by atomic mass is 10.1. The minimum Gasteiger partial charge on any atom is -0.451 e. The van der Waals surface area contributed by atoms with Gasteiger partial charge in [-0.2, -0.15) is 0 Å². The standard InChI is InChI=1S/C19H13F2N3O2S/c1-9-3-5-12-10(2)16(26-15(12)7-9)17(25)22-19-24-23-18(27-19)13-8-11(20)4-6-14(13)21/h3-8H,1-2H3,(H,22,24,25). The molecule has 2 aromatic carbocycles. The van der Waals surface area contributed by atoms with Gasteiger partial charge in [-0.15, -0.1) is 10.2 Å². The molecule has 2 aromatic heterocycles.